The van der Waals surface area contributed by atoms with Gasteiger partial charge in [-0.3, -0.25) is 0 Å². The molecule has 4 heteroatoms. The monoisotopic (exact) mass is 271 g/mol. The second-order valence-electron chi connectivity index (χ2n) is 5.47. The summed E-state index contributed by atoms with van der Waals surface area (Å²) in [5.74, 6) is 0. The van der Waals surface area contributed by atoms with Crippen LogP contribution in [0.4, 0.5) is 4.79 Å². The maximum Gasteiger partial charge on any atom is 0.315 e. The lowest BCUT2D eigenvalue weighted by atomic mass is 9.92. The lowest BCUT2D eigenvalue weighted by Crippen LogP contribution is -2.44. The van der Waals surface area contributed by atoms with Gasteiger partial charge in [0, 0.05) is 35.6 Å². The van der Waals surface area contributed by atoms with E-state index in [9.17, 15) is 4.79 Å². The van der Waals surface area contributed by atoms with E-state index in [0.717, 1.165) is 32.2 Å². The molecule has 1 unspecified atom stereocenters. The van der Waals surface area contributed by atoms with Crippen LogP contribution in [0.2, 0.25) is 0 Å². The maximum absolute atomic E-state index is 11.7. The van der Waals surface area contributed by atoms with Gasteiger partial charge >= 0.3 is 6.03 Å². The number of fused-ring (bicyclic) bond motifs is 3. The van der Waals surface area contributed by atoms with E-state index in [1.165, 1.54) is 22.2 Å². The van der Waals surface area contributed by atoms with E-state index in [2.05, 4.69) is 46.8 Å². The van der Waals surface area contributed by atoms with E-state index in [-0.39, 0.29) is 12.1 Å². The summed E-state index contributed by atoms with van der Waals surface area (Å²) in [6.07, 6.45) is 3.89. The van der Waals surface area contributed by atoms with Gasteiger partial charge in [0.15, 0.2) is 0 Å². The molecule has 1 aromatic heterocycles. The number of aromatic amines is 1. The lowest BCUT2D eigenvalue weighted by molar-refractivity contribution is 0.235. The Kier molecular flexibility index (Phi) is 3.63. The molecule has 0 saturated heterocycles. The Morgan fingerprint density at radius 3 is 3.10 bits per heavy atom. The summed E-state index contributed by atoms with van der Waals surface area (Å²) >= 11 is 0. The molecule has 1 aliphatic carbocycles. The second-order valence-corrected chi connectivity index (χ2v) is 5.47. The largest absolute Gasteiger partial charge is 0.358 e. The molecule has 2 aromatic rings. The summed E-state index contributed by atoms with van der Waals surface area (Å²) in [4.78, 5) is 15.2. The Hall–Kier alpha value is -1.97. The third-order valence-electron chi connectivity index (χ3n) is 3.97. The molecule has 2 amide bonds. The second kappa shape index (κ2) is 5.57. The van der Waals surface area contributed by atoms with E-state index in [4.69, 9.17) is 0 Å². The van der Waals surface area contributed by atoms with Crippen LogP contribution in [0, 0.1) is 0 Å². The highest BCUT2D eigenvalue weighted by Crippen LogP contribution is 2.28. The van der Waals surface area contributed by atoms with Gasteiger partial charge in [-0.25, -0.2) is 4.79 Å². The van der Waals surface area contributed by atoms with Crippen LogP contribution in [-0.2, 0) is 12.8 Å². The van der Waals surface area contributed by atoms with Gasteiger partial charge in [-0.1, -0.05) is 25.1 Å². The molecule has 1 atom stereocenters. The van der Waals surface area contributed by atoms with Crippen LogP contribution in [0.25, 0.3) is 10.9 Å². The Labute approximate surface area is 118 Å². The zero-order valence-electron chi connectivity index (χ0n) is 11.8. The molecule has 0 fully saturated rings. The summed E-state index contributed by atoms with van der Waals surface area (Å²) < 4.78 is 0. The van der Waals surface area contributed by atoms with Crippen molar-refractivity contribution in [1.29, 1.82) is 0 Å². The molecule has 3 N–H and O–H groups in total. The Morgan fingerprint density at radius 2 is 2.25 bits per heavy atom. The fourth-order valence-electron chi connectivity index (χ4n) is 2.98. The molecular formula is C16H21N3O. The minimum Gasteiger partial charge on any atom is -0.358 e. The van der Waals surface area contributed by atoms with Gasteiger partial charge in [-0.2, -0.15) is 0 Å². The van der Waals surface area contributed by atoms with E-state index in [0.29, 0.717) is 0 Å². The van der Waals surface area contributed by atoms with Gasteiger partial charge in [0.1, 0.15) is 0 Å². The summed E-state index contributed by atoms with van der Waals surface area (Å²) in [5, 5.41) is 7.27. The highest BCUT2D eigenvalue weighted by molar-refractivity contribution is 5.85. The Balaban J connectivity index is 1.71. The first-order valence-electron chi connectivity index (χ1n) is 7.40. The molecule has 0 spiro atoms. The van der Waals surface area contributed by atoms with Gasteiger partial charge in [-0.15, -0.1) is 0 Å². The Bertz CT molecular complexity index is 617. The van der Waals surface area contributed by atoms with Crippen molar-refractivity contribution < 1.29 is 4.79 Å². The van der Waals surface area contributed by atoms with Crippen molar-refractivity contribution in [1.82, 2.24) is 15.6 Å². The van der Waals surface area contributed by atoms with Crippen LogP contribution in [-0.4, -0.2) is 23.6 Å². The van der Waals surface area contributed by atoms with Crippen molar-refractivity contribution in [3.8, 4) is 0 Å². The molecule has 0 bridgehead atoms. The SMILES string of the molecule is CCCNC(=O)NC1CCc2c([nH]c3ccccc23)C1. The number of rotatable bonds is 3. The van der Waals surface area contributed by atoms with E-state index in [1.54, 1.807) is 0 Å². The molecule has 106 valence electrons. The minimum atomic E-state index is -0.0450. The van der Waals surface area contributed by atoms with Crippen LogP contribution >= 0.6 is 0 Å². The predicted octanol–water partition coefficient (Wildman–Crippen LogP) is 2.73. The molecule has 0 radical (unpaired) electrons. The number of nitrogens with one attached hydrogen (secondary N) is 3. The minimum absolute atomic E-state index is 0.0450. The zero-order chi connectivity index (χ0) is 13.9. The molecule has 3 rings (SSSR count). The normalized spacial score (nSPS) is 17.8. The molecule has 0 saturated carbocycles. The van der Waals surface area contributed by atoms with E-state index >= 15 is 0 Å². The van der Waals surface area contributed by atoms with Gasteiger partial charge in [0.2, 0.25) is 0 Å². The molecule has 20 heavy (non-hydrogen) atoms. The fourth-order valence-corrected chi connectivity index (χ4v) is 2.98. The number of amides is 2. The topological polar surface area (TPSA) is 56.9 Å². The number of carbonyl (C=O) groups is 1. The molecule has 1 aromatic carbocycles. The van der Waals surface area contributed by atoms with Gasteiger partial charge in [-0.05, 0) is 30.9 Å². The first kappa shape index (κ1) is 13.0. The smallest absolute Gasteiger partial charge is 0.315 e. The molecule has 1 aliphatic rings. The number of aryl methyl sites for hydroxylation is 1. The van der Waals surface area contributed by atoms with Crippen molar-refractivity contribution in [3.05, 3.63) is 35.5 Å². The maximum atomic E-state index is 11.7. The highest BCUT2D eigenvalue weighted by atomic mass is 16.2. The van der Waals surface area contributed by atoms with Crippen molar-refractivity contribution in [2.24, 2.45) is 0 Å². The van der Waals surface area contributed by atoms with Gasteiger partial charge in [0.25, 0.3) is 0 Å². The van der Waals surface area contributed by atoms with E-state index < -0.39 is 0 Å². The standard InChI is InChI=1S/C16H21N3O/c1-2-9-17-16(20)18-11-7-8-13-12-5-3-4-6-14(12)19-15(13)10-11/h3-6,11,19H,2,7-10H2,1H3,(H2,17,18,20). The van der Waals surface area contributed by atoms with Crippen LogP contribution in [0.3, 0.4) is 0 Å². The van der Waals surface area contributed by atoms with Gasteiger partial charge in [0.05, 0.1) is 0 Å². The number of urea groups is 1. The Morgan fingerprint density at radius 1 is 1.40 bits per heavy atom. The van der Waals surface area contributed by atoms with Crippen LogP contribution < -0.4 is 10.6 Å². The molecule has 0 aliphatic heterocycles. The first-order valence-corrected chi connectivity index (χ1v) is 7.40. The number of hydrogen-bond donors (Lipinski definition) is 3. The number of hydrogen-bond acceptors (Lipinski definition) is 1. The summed E-state index contributed by atoms with van der Waals surface area (Å²) in [6.45, 7) is 2.79. The number of carbonyl (C=O) groups excluding carboxylic acids is 1. The quantitative estimate of drug-likeness (QED) is 0.790. The van der Waals surface area contributed by atoms with Crippen molar-refractivity contribution in [2.45, 2.75) is 38.6 Å². The number of H-pyrrole nitrogens is 1. The predicted molar refractivity (Wildman–Crippen MR) is 80.9 cm³/mol. The molecule has 4 nitrogen and oxygen atoms in total. The van der Waals surface area contributed by atoms with Crippen molar-refractivity contribution >= 4 is 16.9 Å². The van der Waals surface area contributed by atoms with Crippen molar-refractivity contribution in [2.75, 3.05) is 6.54 Å². The zero-order valence-corrected chi connectivity index (χ0v) is 11.8. The summed E-state index contributed by atoms with van der Waals surface area (Å²) in [5.41, 5.74) is 3.90. The average Bonchev–Trinajstić information content (AvgIpc) is 2.82. The fraction of sp³-hybridized carbons (Fsp3) is 0.438. The van der Waals surface area contributed by atoms with Crippen LogP contribution in [0.1, 0.15) is 31.0 Å². The summed E-state index contributed by atoms with van der Waals surface area (Å²) in [7, 11) is 0. The average molecular weight is 271 g/mol. The number of para-hydroxylation sites is 1. The van der Waals surface area contributed by atoms with E-state index in [1.807, 2.05) is 0 Å². The van der Waals surface area contributed by atoms with Crippen molar-refractivity contribution in [3.63, 3.8) is 0 Å². The highest BCUT2D eigenvalue weighted by Gasteiger charge is 2.23. The molecular weight excluding hydrogens is 250 g/mol. The third-order valence-corrected chi connectivity index (χ3v) is 3.97. The van der Waals surface area contributed by atoms with Crippen LogP contribution in [0.5, 0.6) is 0 Å². The third kappa shape index (κ3) is 2.50. The lowest BCUT2D eigenvalue weighted by Gasteiger charge is -2.23. The summed E-state index contributed by atoms with van der Waals surface area (Å²) in [6, 6.07) is 8.61. The number of aromatic nitrogens is 1. The van der Waals surface area contributed by atoms with Crippen LogP contribution in [0.15, 0.2) is 24.3 Å². The first-order chi connectivity index (χ1) is 9.78. The molecule has 1 heterocycles. The number of benzene rings is 1. The van der Waals surface area contributed by atoms with Gasteiger partial charge < -0.3 is 15.6 Å².